The van der Waals surface area contributed by atoms with Crippen molar-refractivity contribution in [2.24, 2.45) is 11.7 Å². The Morgan fingerprint density at radius 3 is 3.00 bits per heavy atom. The number of aromatic nitrogens is 1. The number of benzene rings is 1. The van der Waals surface area contributed by atoms with Gasteiger partial charge in [0.25, 0.3) is 0 Å². The summed E-state index contributed by atoms with van der Waals surface area (Å²) in [5.74, 6) is 0.664. The third-order valence-electron chi connectivity index (χ3n) is 3.93. The SMILES string of the molecule is NC1CCCC1Cc1c[nH]c2cc(Br)ccc12. The van der Waals surface area contributed by atoms with Crippen LogP contribution in [0.1, 0.15) is 24.8 Å². The predicted octanol–water partition coefficient (Wildman–Crippen LogP) is 3.60. The first-order valence-electron chi connectivity index (χ1n) is 6.25. The molecule has 3 N–H and O–H groups in total. The molecule has 3 heteroatoms. The highest BCUT2D eigenvalue weighted by Crippen LogP contribution is 2.30. The molecule has 1 aromatic heterocycles. The predicted molar refractivity (Wildman–Crippen MR) is 75.0 cm³/mol. The van der Waals surface area contributed by atoms with Crippen molar-refractivity contribution in [2.75, 3.05) is 0 Å². The molecule has 1 aromatic carbocycles. The fourth-order valence-corrected chi connectivity index (χ4v) is 3.29. The molecule has 1 fully saturated rings. The minimum Gasteiger partial charge on any atom is -0.361 e. The van der Waals surface area contributed by atoms with Crippen LogP contribution in [0.25, 0.3) is 10.9 Å². The van der Waals surface area contributed by atoms with Gasteiger partial charge in [-0.15, -0.1) is 0 Å². The standard InChI is InChI=1S/C14H17BrN2/c15-11-4-5-12-10(8-17-14(12)7-11)6-9-2-1-3-13(9)16/h4-5,7-9,13,17H,1-3,6,16H2. The zero-order valence-electron chi connectivity index (χ0n) is 9.75. The molecule has 1 aliphatic carbocycles. The van der Waals surface area contributed by atoms with Crippen LogP contribution in [-0.2, 0) is 6.42 Å². The second kappa shape index (κ2) is 4.46. The van der Waals surface area contributed by atoms with Gasteiger partial charge in [0.05, 0.1) is 0 Å². The van der Waals surface area contributed by atoms with Gasteiger partial charge in [0.2, 0.25) is 0 Å². The highest BCUT2D eigenvalue weighted by Gasteiger charge is 2.24. The summed E-state index contributed by atoms with van der Waals surface area (Å²) in [7, 11) is 0. The number of fused-ring (bicyclic) bond motifs is 1. The van der Waals surface area contributed by atoms with Gasteiger partial charge < -0.3 is 10.7 Å². The van der Waals surface area contributed by atoms with Crippen molar-refractivity contribution in [3.8, 4) is 0 Å². The molecular weight excluding hydrogens is 276 g/mol. The fraction of sp³-hybridized carbons (Fsp3) is 0.429. The van der Waals surface area contributed by atoms with Gasteiger partial charge in [-0.05, 0) is 42.9 Å². The Kier molecular flexibility index (Phi) is 2.97. The third-order valence-corrected chi connectivity index (χ3v) is 4.42. The molecule has 1 heterocycles. The van der Waals surface area contributed by atoms with E-state index in [1.165, 1.54) is 35.7 Å². The van der Waals surface area contributed by atoms with E-state index in [1.807, 2.05) is 0 Å². The van der Waals surface area contributed by atoms with Crippen molar-refractivity contribution >= 4 is 26.8 Å². The number of H-pyrrole nitrogens is 1. The van der Waals surface area contributed by atoms with Crippen molar-refractivity contribution < 1.29 is 0 Å². The van der Waals surface area contributed by atoms with E-state index in [0.29, 0.717) is 12.0 Å². The van der Waals surface area contributed by atoms with Crippen molar-refractivity contribution in [2.45, 2.75) is 31.7 Å². The number of nitrogens with one attached hydrogen (secondary N) is 1. The first-order chi connectivity index (χ1) is 8.24. The summed E-state index contributed by atoms with van der Waals surface area (Å²) in [5, 5.41) is 1.34. The maximum Gasteiger partial charge on any atom is 0.0468 e. The topological polar surface area (TPSA) is 41.8 Å². The Bertz CT molecular complexity index is 532. The largest absolute Gasteiger partial charge is 0.361 e. The van der Waals surface area contributed by atoms with Crippen LogP contribution in [0.4, 0.5) is 0 Å². The summed E-state index contributed by atoms with van der Waals surface area (Å²) >= 11 is 3.50. The number of aromatic amines is 1. The number of nitrogens with two attached hydrogens (primary N) is 1. The molecule has 0 spiro atoms. The summed E-state index contributed by atoms with van der Waals surface area (Å²) in [6.07, 6.45) is 7.02. The van der Waals surface area contributed by atoms with E-state index in [4.69, 9.17) is 5.73 Å². The van der Waals surface area contributed by atoms with Gasteiger partial charge in [-0.1, -0.05) is 28.4 Å². The van der Waals surface area contributed by atoms with Crippen molar-refractivity contribution in [1.82, 2.24) is 4.98 Å². The second-order valence-corrected chi connectivity index (χ2v) is 5.98. The Morgan fingerprint density at radius 2 is 2.24 bits per heavy atom. The molecule has 0 radical (unpaired) electrons. The molecule has 2 aromatic rings. The highest BCUT2D eigenvalue weighted by atomic mass is 79.9. The van der Waals surface area contributed by atoms with Gasteiger partial charge in [0.1, 0.15) is 0 Å². The Morgan fingerprint density at radius 1 is 1.35 bits per heavy atom. The molecule has 0 bridgehead atoms. The first-order valence-corrected chi connectivity index (χ1v) is 7.04. The Balaban J connectivity index is 1.90. The smallest absolute Gasteiger partial charge is 0.0468 e. The first kappa shape index (κ1) is 11.3. The highest BCUT2D eigenvalue weighted by molar-refractivity contribution is 9.10. The summed E-state index contributed by atoms with van der Waals surface area (Å²) in [6.45, 7) is 0. The van der Waals surface area contributed by atoms with E-state index in [-0.39, 0.29) is 0 Å². The zero-order valence-corrected chi connectivity index (χ0v) is 11.3. The number of hydrogen-bond acceptors (Lipinski definition) is 1. The van der Waals surface area contributed by atoms with Crippen LogP contribution in [0, 0.1) is 5.92 Å². The molecule has 2 unspecified atom stereocenters. The molecule has 2 nitrogen and oxygen atoms in total. The van der Waals surface area contributed by atoms with Gasteiger partial charge in [-0.25, -0.2) is 0 Å². The molecule has 90 valence electrons. The van der Waals surface area contributed by atoms with Crippen LogP contribution in [-0.4, -0.2) is 11.0 Å². The summed E-state index contributed by atoms with van der Waals surface area (Å²) in [6, 6.07) is 6.82. The van der Waals surface area contributed by atoms with Crippen LogP contribution in [0.5, 0.6) is 0 Å². The average Bonchev–Trinajstić information content (AvgIpc) is 2.87. The molecule has 2 atom stereocenters. The lowest BCUT2D eigenvalue weighted by Crippen LogP contribution is -2.25. The number of hydrogen-bond donors (Lipinski definition) is 2. The molecule has 1 aliphatic rings. The van der Waals surface area contributed by atoms with E-state index >= 15 is 0 Å². The van der Waals surface area contributed by atoms with Crippen molar-refractivity contribution in [3.05, 3.63) is 34.4 Å². The molecule has 3 rings (SSSR count). The van der Waals surface area contributed by atoms with Gasteiger partial charge in [-0.3, -0.25) is 0 Å². The quantitative estimate of drug-likeness (QED) is 0.872. The van der Waals surface area contributed by atoms with E-state index in [2.05, 4.69) is 45.3 Å². The number of rotatable bonds is 2. The lowest BCUT2D eigenvalue weighted by atomic mass is 9.95. The number of halogens is 1. The van der Waals surface area contributed by atoms with Gasteiger partial charge >= 0.3 is 0 Å². The van der Waals surface area contributed by atoms with Crippen LogP contribution in [0.15, 0.2) is 28.9 Å². The average molecular weight is 293 g/mol. The maximum atomic E-state index is 6.15. The third kappa shape index (κ3) is 2.14. The van der Waals surface area contributed by atoms with Crippen molar-refractivity contribution in [3.63, 3.8) is 0 Å². The Labute approximate surface area is 110 Å². The van der Waals surface area contributed by atoms with E-state index in [0.717, 1.165) is 10.9 Å². The molecule has 0 saturated heterocycles. The molecule has 1 saturated carbocycles. The van der Waals surface area contributed by atoms with Crippen LogP contribution in [0.3, 0.4) is 0 Å². The van der Waals surface area contributed by atoms with Gasteiger partial charge in [0.15, 0.2) is 0 Å². The molecule has 17 heavy (non-hydrogen) atoms. The molecule has 0 amide bonds. The summed E-state index contributed by atoms with van der Waals surface area (Å²) in [5.41, 5.74) is 8.77. The normalized spacial score (nSPS) is 24.6. The van der Waals surface area contributed by atoms with Crippen molar-refractivity contribution in [1.29, 1.82) is 0 Å². The molecule has 0 aliphatic heterocycles. The van der Waals surface area contributed by atoms with Gasteiger partial charge in [0, 0.05) is 27.6 Å². The van der Waals surface area contributed by atoms with E-state index in [1.54, 1.807) is 0 Å². The fourth-order valence-electron chi connectivity index (χ4n) is 2.93. The minimum atomic E-state index is 0.399. The minimum absolute atomic E-state index is 0.399. The second-order valence-electron chi connectivity index (χ2n) is 5.06. The maximum absolute atomic E-state index is 6.15. The van der Waals surface area contributed by atoms with E-state index < -0.39 is 0 Å². The lowest BCUT2D eigenvalue weighted by Gasteiger charge is -2.14. The zero-order chi connectivity index (χ0) is 11.8. The van der Waals surface area contributed by atoms with Gasteiger partial charge in [-0.2, -0.15) is 0 Å². The van der Waals surface area contributed by atoms with E-state index in [9.17, 15) is 0 Å². The summed E-state index contributed by atoms with van der Waals surface area (Å²) in [4.78, 5) is 3.35. The summed E-state index contributed by atoms with van der Waals surface area (Å²) < 4.78 is 1.12. The Hall–Kier alpha value is -0.800. The van der Waals surface area contributed by atoms with Crippen LogP contribution >= 0.6 is 15.9 Å². The lowest BCUT2D eigenvalue weighted by molar-refractivity contribution is 0.480. The monoisotopic (exact) mass is 292 g/mol. The molecular formula is C14H17BrN2. The van der Waals surface area contributed by atoms with Crippen LogP contribution < -0.4 is 5.73 Å². The van der Waals surface area contributed by atoms with Crippen LogP contribution in [0.2, 0.25) is 0 Å².